The van der Waals surface area contributed by atoms with Gasteiger partial charge in [0.05, 0.1) is 5.02 Å². The molecule has 0 bridgehead atoms. The Morgan fingerprint density at radius 3 is 2.57 bits per heavy atom. The topological polar surface area (TPSA) is 66.8 Å². The van der Waals surface area contributed by atoms with Gasteiger partial charge in [0.15, 0.2) is 6.61 Å². The van der Waals surface area contributed by atoms with Gasteiger partial charge in [-0.25, -0.2) is 4.79 Å². The first-order valence-corrected chi connectivity index (χ1v) is 6.97. The SMILES string of the molecule is CCN(CC)C(=O)COc1cccc(Cl)c1/C=C/C(=O)O. The van der Waals surface area contributed by atoms with E-state index in [9.17, 15) is 9.59 Å². The summed E-state index contributed by atoms with van der Waals surface area (Å²) in [6, 6.07) is 4.95. The molecule has 1 amide bonds. The molecule has 0 saturated heterocycles. The van der Waals surface area contributed by atoms with E-state index in [-0.39, 0.29) is 12.5 Å². The zero-order chi connectivity index (χ0) is 15.8. The zero-order valence-corrected chi connectivity index (χ0v) is 12.8. The fourth-order valence-electron chi connectivity index (χ4n) is 1.77. The number of carboxylic acids is 1. The van der Waals surface area contributed by atoms with Crippen LogP contribution in [-0.4, -0.2) is 41.6 Å². The predicted molar refractivity (Wildman–Crippen MR) is 81.5 cm³/mol. The molecule has 0 fully saturated rings. The zero-order valence-electron chi connectivity index (χ0n) is 12.0. The van der Waals surface area contributed by atoms with Crippen molar-refractivity contribution in [1.82, 2.24) is 4.90 Å². The summed E-state index contributed by atoms with van der Waals surface area (Å²) in [6.07, 6.45) is 2.32. The highest BCUT2D eigenvalue weighted by Crippen LogP contribution is 2.27. The van der Waals surface area contributed by atoms with Gasteiger partial charge in [-0.3, -0.25) is 4.79 Å². The van der Waals surface area contributed by atoms with E-state index in [1.165, 1.54) is 6.08 Å². The van der Waals surface area contributed by atoms with Gasteiger partial charge in [-0.05, 0) is 32.1 Å². The monoisotopic (exact) mass is 311 g/mol. The molecule has 0 atom stereocenters. The molecular weight excluding hydrogens is 294 g/mol. The molecule has 0 aliphatic rings. The first kappa shape index (κ1) is 17.0. The predicted octanol–water partition coefficient (Wildman–Crippen LogP) is 2.69. The van der Waals surface area contributed by atoms with Crippen LogP contribution in [0.15, 0.2) is 24.3 Å². The van der Waals surface area contributed by atoms with Crippen LogP contribution in [0.4, 0.5) is 0 Å². The van der Waals surface area contributed by atoms with Crippen molar-refractivity contribution < 1.29 is 19.4 Å². The van der Waals surface area contributed by atoms with Crippen molar-refractivity contribution in [3.05, 3.63) is 34.9 Å². The molecule has 114 valence electrons. The minimum Gasteiger partial charge on any atom is -0.483 e. The summed E-state index contributed by atoms with van der Waals surface area (Å²) in [7, 11) is 0. The van der Waals surface area contributed by atoms with Crippen molar-refractivity contribution in [2.24, 2.45) is 0 Å². The lowest BCUT2D eigenvalue weighted by Crippen LogP contribution is -2.34. The number of benzene rings is 1. The molecule has 0 aliphatic heterocycles. The Bertz CT molecular complexity index is 538. The van der Waals surface area contributed by atoms with Crippen molar-refractivity contribution >= 4 is 29.6 Å². The number of aliphatic carboxylic acids is 1. The number of carbonyl (C=O) groups is 2. The van der Waals surface area contributed by atoms with Crippen molar-refractivity contribution in [2.45, 2.75) is 13.8 Å². The third kappa shape index (κ3) is 5.11. The van der Waals surface area contributed by atoms with Gasteiger partial charge in [0, 0.05) is 24.7 Å². The number of likely N-dealkylation sites (N-methyl/N-ethyl adjacent to an activating group) is 1. The van der Waals surface area contributed by atoms with Crippen LogP contribution in [-0.2, 0) is 9.59 Å². The Kier molecular flexibility index (Phi) is 6.75. The molecule has 1 N–H and O–H groups in total. The third-order valence-electron chi connectivity index (χ3n) is 2.87. The molecule has 21 heavy (non-hydrogen) atoms. The summed E-state index contributed by atoms with van der Waals surface area (Å²) in [5.41, 5.74) is 0.439. The molecule has 1 rings (SSSR count). The van der Waals surface area contributed by atoms with E-state index < -0.39 is 5.97 Å². The number of hydrogen-bond acceptors (Lipinski definition) is 3. The molecule has 6 heteroatoms. The summed E-state index contributed by atoms with van der Waals surface area (Å²) < 4.78 is 5.48. The van der Waals surface area contributed by atoms with Gasteiger partial charge in [-0.1, -0.05) is 17.7 Å². The lowest BCUT2D eigenvalue weighted by molar-refractivity contribution is -0.133. The van der Waals surface area contributed by atoms with Crippen molar-refractivity contribution in [3.63, 3.8) is 0 Å². The molecular formula is C15H18ClNO4. The normalized spacial score (nSPS) is 10.6. The van der Waals surface area contributed by atoms with Gasteiger partial charge < -0.3 is 14.7 Å². The Morgan fingerprint density at radius 2 is 2.00 bits per heavy atom. The number of ether oxygens (including phenoxy) is 1. The largest absolute Gasteiger partial charge is 0.483 e. The van der Waals surface area contributed by atoms with E-state index in [1.807, 2.05) is 13.8 Å². The van der Waals surface area contributed by atoms with E-state index in [4.69, 9.17) is 21.4 Å². The average Bonchev–Trinajstić information content (AvgIpc) is 2.45. The Morgan fingerprint density at radius 1 is 1.33 bits per heavy atom. The second-order valence-corrected chi connectivity index (χ2v) is 4.59. The Labute approximate surface area is 128 Å². The van der Waals surface area contributed by atoms with Crippen LogP contribution in [0.1, 0.15) is 19.4 Å². The minimum atomic E-state index is -1.08. The van der Waals surface area contributed by atoms with Gasteiger partial charge in [0.25, 0.3) is 5.91 Å². The highest BCUT2D eigenvalue weighted by atomic mass is 35.5. The van der Waals surface area contributed by atoms with E-state index in [1.54, 1.807) is 23.1 Å². The van der Waals surface area contributed by atoms with Crippen molar-refractivity contribution in [1.29, 1.82) is 0 Å². The number of nitrogens with zero attached hydrogens (tertiary/aromatic N) is 1. The van der Waals surface area contributed by atoms with Crippen LogP contribution < -0.4 is 4.74 Å². The van der Waals surface area contributed by atoms with E-state index in [2.05, 4.69) is 0 Å². The van der Waals surface area contributed by atoms with Crippen LogP contribution in [0.2, 0.25) is 5.02 Å². The maximum atomic E-state index is 11.9. The first-order chi connectivity index (χ1) is 9.99. The fourth-order valence-corrected chi connectivity index (χ4v) is 2.00. The number of amides is 1. The molecule has 5 nitrogen and oxygen atoms in total. The maximum absolute atomic E-state index is 11.9. The minimum absolute atomic E-state index is 0.115. The molecule has 0 unspecified atom stereocenters. The second-order valence-electron chi connectivity index (χ2n) is 4.18. The van der Waals surface area contributed by atoms with Crippen LogP contribution in [0.3, 0.4) is 0 Å². The van der Waals surface area contributed by atoms with E-state index >= 15 is 0 Å². The first-order valence-electron chi connectivity index (χ1n) is 6.59. The summed E-state index contributed by atoms with van der Waals surface area (Å²) in [6.45, 7) is 4.89. The van der Waals surface area contributed by atoms with E-state index in [0.717, 1.165) is 6.08 Å². The number of carbonyl (C=O) groups excluding carboxylic acids is 1. The summed E-state index contributed by atoms with van der Waals surface area (Å²) in [4.78, 5) is 24.1. The number of hydrogen-bond donors (Lipinski definition) is 1. The van der Waals surface area contributed by atoms with Gasteiger partial charge in [0.2, 0.25) is 0 Å². The molecule has 0 aromatic heterocycles. The fraction of sp³-hybridized carbons (Fsp3) is 0.333. The lowest BCUT2D eigenvalue weighted by atomic mass is 10.2. The molecule has 0 saturated carbocycles. The Hall–Kier alpha value is -2.01. The van der Waals surface area contributed by atoms with Crippen LogP contribution >= 0.6 is 11.6 Å². The van der Waals surface area contributed by atoms with Crippen molar-refractivity contribution in [2.75, 3.05) is 19.7 Å². The second kappa shape index (κ2) is 8.32. The highest BCUT2D eigenvalue weighted by molar-refractivity contribution is 6.32. The van der Waals surface area contributed by atoms with Gasteiger partial charge in [-0.15, -0.1) is 0 Å². The smallest absolute Gasteiger partial charge is 0.328 e. The van der Waals surface area contributed by atoms with Crippen molar-refractivity contribution in [3.8, 4) is 5.75 Å². The molecule has 0 heterocycles. The summed E-state index contributed by atoms with van der Waals surface area (Å²) >= 11 is 6.03. The molecule has 1 aromatic rings. The standard InChI is InChI=1S/C15H18ClNO4/c1-3-17(4-2)14(18)10-21-13-7-5-6-12(16)11(13)8-9-15(19)20/h5-9H,3-4,10H2,1-2H3,(H,19,20)/b9-8+. The van der Waals surface area contributed by atoms with Gasteiger partial charge in [-0.2, -0.15) is 0 Å². The lowest BCUT2D eigenvalue weighted by Gasteiger charge is -2.19. The molecule has 1 aromatic carbocycles. The summed E-state index contributed by atoms with van der Waals surface area (Å²) in [5.74, 6) is -0.839. The summed E-state index contributed by atoms with van der Waals surface area (Å²) in [5, 5.41) is 9.04. The van der Waals surface area contributed by atoms with Crippen LogP contribution in [0, 0.1) is 0 Å². The Balaban J connectivity index is 2.86. The molecule has 0 aliphatic carbocycles. The van der Waals surface area contributed by atoms with Gasteiger partial charge in [0.1, 0.15) is 5.75 Å². The quantitative estimate of drug-likeness (QED) is 0.786. The number of halogens is 1. The van der Waals surface area contributed by atoms with Crippen LogP contribution in [0.5, 0.6) is 5.75 Å². The average molecular weight is 312 g/mol. The highest BCUT2D eigenvalue weighted by Gasteiger charge is 2.12. The number of carboxylic acid groups (broad SMARTS) is 1. The molecule has 0 spiro atoms. The molecule has 0 radical (unpaired) electrons. The van der Waals surface area contributed by atoms with Crippen LogP contribution in [0.25, 0.3) is 6.08 Å². The third-order valence-corrected chi connectivity index (χ3v) is 3.20. The van der Waals surface area contributed by atoms with E-state index in [0.29, 0.717) is 29.4 Å². The number of rotatable bonds is 7. The van der Waals surface area contributed by atoms with Gasteiger partial charge >= 0.3 is 5.97 Å². The maximum Gasteiger partial charge on any atom is 0.328 e.